The molecule has 0 spiro atoms. The van der Waals surface area contributed by atoms with Crippen molar-refractivity contribution in [2.75, 3.05) is 5.84 Å². The molecule has 0 unspecified atom stereocenters. The molecule has 1 aromatic heterocycles. The molecule has 86 valence electrons. The van der Waals surface area contributed by atoms with E-state index in [-0.39, 0.29) is 5.41 Å². The van der Waals surface area contributed by atoms with Crippen molar-refractivity contribution in [2.24, 2.45) is 5.41 Å². The van der Waals surface area contributed by atoms with Crippen molar-refractivity contribution in [1.82, 2.24) is 14.9 Å². The van der Waals surface area contributed by atoms with Gasteiger partial charge in [-0.15, -0.1) is 0 Å². The highest BCUT2D eigenvalue weighted by Crippen LogP contribution is 2.33. The zero-order chi connectivity index (χ0) is 11.8. The average molecular weight is 236 g/mol. The fourth-order valence-corrected chi connectivity index (χ4v) is 2.05. The minimum atomic E-state index is 0.135. The van der Waals surface area contributed by atoms with Crippen molar-refractivity contribution in [3.05, 3.63) is 28.8 Å². The van der Waals surface area contributed by atoms with E-state index in [1.165, 1.54) is 4.68 Å². The predicted octanol–water partition coefficient (Wildman–Crippen LogP) is 2.41. The van der Waals surface area contributed by atoms with Crippen molar-refractivity contribution >= 4 is 17.8 Å². The van der Waals surface area contributed by atoms with E-state index < -0.39 is 0 Å². The van der Waals surface area contributed by atoms with Gasteiger partial charge < -0.3 is 5.84 Å². The zero-order valence-corrected chi connectivity index (χ0v) is 10.3. The molecule has 2 rings (SSSR count). The molecule has 16 heavy (non-hydrogen) atoms. The predicted molar refractivity (Wildman–Crippen MR) is 67.7 cm³/mol. The standard InChI is InChI=1S/C11H16N4S/c1-11(2)6-4-3-5-8(7-11)9-13-14-10(16)15(9)12/h4-6H,3,7,12H2,1-2H3,(H,14,16). The van der Waals surface area contributed by atoms with Gasteiger partial charge in [0.25, 0.3) is 0 Å². The molecule has 0 aliphatic heterocycles. The molecule has 3 N–H and O–H groups in total. The third-order valence-corrected chi connectivity index (χ3v) is 3.00. The minimum Gasteiger partial charge on any atom is -0.335 e. The van der Waals surface area contributed by atoms with Gasteiger partial charge in [-0.25, -0.2) is 9.77 Å². The molecule has 0 fully saturated rings. The SMILES string of the molecule is CC1(C)C=CCC=C(c2n[nH]c(=S)n2N)C1. The first kappa shape index (κ1) is 11.1. The molecule has 0 amide bonds. The number of nitrogens with two attached hydrogens (primary N) is 1. The summed E-state index contributed by atoms with van der Waals surface area (Å²) in [6.45, 7) is 4.40. The summed E-state index contributed by atoms with van der Waals surface area (Å²) in [5.74, 6) is 6.57. The van der Waals surface area contributed by atoms with E-state index in [4.69, 9.17) is 18.1 Å². The Labute approximate surface area is 99.8 Å². The Morgan fingerprint density at radius 1 is 1.56 bits per heavy atom. The van der Waals surface area contributed by atoms with Crippen LogP contribution >= 0.6 is 12.2 Å². The number of rotatable bonds is 1. The van der Waals surface area contributed by atoms with Crippen LogP contribution in [-0.4, -0.2) is 14.9 Å². The monoisotopic (exact) mass is 236 g/mol. The van der Waals surface area contributed by atoms with Crippen molar-refractivity contribution in [1.29, 1.82) is 0 Å². The van der Waals surface area contributed by atoms with Gasteiger partial charge in [-0.05, 0) is 36.0 Å². The normalized spacial score (nSPS) is 19.2. The first-order valence-electron chi connectivity index (χ1n) is 5.29. The number of aromatic nitrogens is 3. The quantitative estimate of drug-likeness (QED) is 0.447. The van der Waals surface area contributed by atoms with E-state index in [0.717, 1.165) is 24.2 Å². The average Bonchev–Trinajstić information content (AvgIpc) is 2.44. The highest BCUT2D eigenvalue weighted by molar-refractivity contribution is 7.71. The number of nitrogens with one attached hydrogen (secondary N) is 1. The van der Waals surface area contributed by atoms with E-state index in [9.17, 15) is 0 Å². The highest BCUT2D eigenvalue weighted by atomic mass is 32.1. The Morgan fingerprint density at radius 2 is 2.31 bits per heavy atom. The number of hydrogen-bond donors (Lipinski definition) is 2. The molecule has 0 atom stereocenters. The Balaban J connectivity index is 2.39. The molecule has 5 heteroatoms. The Bertz CT molecular complexity index is 504. The number of H-pyrrole nitrogens is 1. The highest BCUT2D eigenvalue weighted by Gasteiger charge is 2.21. The number of nitrogen functional groups attached to an aromatic ring is 1. The van der Waals surface area contributed by atoms with Crippen LogP contribution in [0.4, 0.5) is 0 Å². The van der Waals surface area contributed by atoms with Crippen molar-refractivity contribution in [2.45, 2.75) is 26.7 Å². The molecule has 0 saturated carbocycles. The molecular formula is C11H16N4S. The number of aromatic amines is 1. The number of hydrogen-bond acceptors (Lipinski definition) is 3. The topological polar surface area (TPSA) is 59.6 Å². The second kappa shape index (κ2) is 3.90. The van der Waals surface area contributed by atoms with Gasteiger partial charge >= 0.3 is 0 Å². The van der Waals surface area contributed by atoms with Gasteiger partial charge in [0.15, 0.2) is 5.82 Å². The molecular weight excluding hydrogens is 220 g/mol. The molecule has 0 saturated heterocycles. The molecule has 1 aromatic rings. The van der Waals surface area contributed by atoms with E-state index >= 15 is 0 Å². The van der Waals surface area contributed by atoms with E-state index in [1.54, 1.807) is 0 Å². The second-order valence-electron chi connectivity index (χ2n) is 4.76. The molecule has 0 radical (unpaired) electrons. The van der Waals surface area contributed by atoms with Crippen LogP contribution in [0.1, 0.15) is 32.5 Å². The number of nitrogens with zero attached hydrogens (tertiary/aromatic N) is 2. The third kappa shape index (κ3) is 2.09. The Kier molecular flexibility index (Phi) is 2.71. The van der Waals surface area contributed by atoms with E-state index in [2.05, 4.69) is 42.3 Å². The maximum Gasteiger partial charge on any atom is 0.214 e. The Morgan fingerprint density at radius 3 is 2.94 bits per heavy atom. The fourth-order valence-electron chi connectivity index (χ4n) is 1.92. The van der Waals surface area contributed by atoms with E-state index in [0.29, 0.717) is 4.77 Å². The van der Waals surface area contributed by atoms with Gasteiger partial charge in [0.1, 0.15) is 0 Å². The summed E-state index contributed by atoms with van der Waals surface area (Å²) in [7, 11) is 0. The second-order valence-corrected chi connectivity index (χ2v) is 5.14. The van der Waals surface area contributed by atoms with Gasteiger partial charge in [0.2, 0.25) is 4.77 Å². The van der Waals surface area contributed by atoms with Crippen LogP contribution in [0.5, 0.6) is 0 Å². The molecule has 1 aliphatic rings. The lowest BCUT2D eigenvalue weighted by atomic mass is 9.86. The summed E-state index contributed by atoms with van der Waals surface area (Å²) >= 11 is 5.01. The largest absolute Gasteiger partial charge is 0.335 e. The molecule has 1 heterocycles. The molecule has 0 bridgehead atoms. The van der Waals surface area contributed by atoms with Crippen LogP contribution in [0.2, 0.25) is 0 Å². The lowest BCUT2D eigenvalue weighted by Crippen LogP contribution is -2.15. The lowest BCUT2D eigenvalue weighted by molar-refractivity contribution is 0.495. The lowest BCUT2D eigenvalue weighted by Gasteiger charge is -2.20. The van der Waals surface area contributed by atoms with Crippen LogP contribution in [0.3, 0.4) is 0 Å². The van der Waals surface area contributed by atoms with Crippen LogP contribution in [0.15, 0.2) is 18.2 Å². The van der Waals surface area contributed by atoms with Crippen molar-refractivity contribution in [3.8, 4) is 0 Å². The van der Waals surface area contributed by atoms with Crippen LogP contribution in [0, 0.1) is 10.2 Å². The van der Waals surface area contributed by atoms with Gasteiger partial charge in [-0.2, -0.15) is 5.10 Å². The van der Waals surface area contributed by atoms with Gasteiger partial charge in [0.05, 0.1) is 0 Å². The summed E-state index contributed by atoms with van der Waals surface area (Å²) < 4.78 is 1.88. The van der Waals surface area contributed by atoms with Crippen LogP contribution < -0.4 is 5.84 Å². The van der Waals surface area contributed by atoms with Crippen molar-refractivity contribution in [3.63, 3.8) is 0 Å². The summed E-state index contributed by atoms with van der Waals surface area (Å²) in [5.41, 5.74) is 1.28. The summed E-state index contributed by atoms with van der Waals surface area (Å²) in [5, 5.41) is 6.88. The summed E-state index contributed by atoms with van der Waals surface area (Å²) in [6, 6.07) is 0. The molecule has 0 aromatic carbocycles. The minimum absolute atomic E-state index is 0.135. The smallest absolute Gasteiger partial charge is 0.214 e. The number of allylic oxidation sites excluding steroid dienone is 4. The van der Waals surface area contributed by atoms with Crippen molar-refractivity contribution < 1.29 is 0 Å². The summed E-state index contributed by atoms with van der Waals surface area (Å²) in [4.78, 5) is 0. The van der Waals surface area contributed by atoms with Crippen LogP contribution in [0.25, 0.3) is 5.57 Å². The van der Waals surface area contributed by atoms with E-state index in [1.807, 2.05) is 0 Å². The first-order valence-corrected chi connectivity index (χ1v) is 5.70. The fraction of sp³-hybridized carbons (Fsp3) is 0.455. The molecule has 1 aliphatic carbocycles. The van der Waals surface area contributed by atoms with Crippen LogP contribution in [-0.2, 0) is 0 Å². The molecule has 4 nitrogen and oxygen atoms in total. The maximum absolute atomic E-state index is 5.83. The summed E-state index contributed by atoms with van der Waals surface area (Å²) in [6.07, 6.45) is 8.39. The van der Waals surface area contributed by atoms with Gasteiger partial charge in [0, 0.05) is 0 Å². The third-order valence-electron chi connectivity index (χ3n) is 2.71. The zero-order valence-electron chi connectivity index (χ0n) is 9.53. The van der Waals surface area contributed by atoms with Gasteiger partial charge in [-0.3, -0.25) is 0 Å². The first-order chi connectivity index (χ1) is 7.49. The van der Waals surface area contributed by atoms with Gasteiger partial charge in [-0.1, -0.05) is 32.1 Å². The maximum atomic E-state index is 5.83. The Hall–Kier alpha value is -1.36.